The standard InChI is InChI=1S/C23H21N3O3S2/c1-28-18-10-9-15(12-19(18)29-2)13-24-21(27)14-31-23-16-6-3-4-7-17(16)25-22(26-23)20-8-5-11-30-20/h3-12H,13-14H2,1-2H3,(H,24,27). The Hall–Kier alpha value is -3.10. The van der Waals surface area contributed by atoms with Gasteiger partial charge in [0.25, 0.3) is 0 Å². The fourth-order valence-corrected chi connectivity index (χ4v) is 4.56. The third-order valence-electron chi connectivity index (χ3n) is 4.59. The summed E-state index contributed by atoms with van der Waals surface area (Å²) in [4.78, 5) is 22.9. The predicted octanol–water partition coefficient (Wildman–Crippen LogP) is 4.78. The summed E-state index contributed by atoms with van der Waals surface area (Å²) in [6.45, 7) is 0.407. The normalized spacial score (nSPS) is 10.8. The highest BCUT2D eigenvalue weighted by molar-refractivity contribution is 8.00. The number of carbonyl (C=O) groups excluding carboxylic acids is 1. The second kappa shape index (κ2) is 9.80. The largest absolute Gasteiger partial charge is 0.493 e. The van der Waals surface area contributed by atoms with Crippen molar-refractivity contribution in [3.63, 3.8) is 0 Å². The van der Waals surface area contributed by atoms with Gasteiger partial charge in [-0.3, -0.25) is 4.79 Å². The van der Waals surface area contributed by atoms with E-state index in [9.17, 15) is 4.79 Å². The summed E-state index contributed by atoms with van der Waals surface area (Å²) in [7, 11) is 3.19. The first-order valence-electron chi connectivity index (χ1n) is 9.59. The van der Waals surface area contributed by atoms with E-state index >= 15 is 0 Å². The third-order valence-corrected chi connectivity index (χ3v) is 6.44. The highest BCUT2D eigenvalue weighted by atomic mass is 32.2. The van der Waals surface area contributed by atoms with Crippen molar-refractivity contribution in [1.82, 2.24) is 15.3 Å². The Balaban J connectivity index is 1.45. The average Bonchev–Trinajstić information content (AvgIpc) is 3.36. The number of carbonyl (C=O) groups is 1. The first-order valence-corrected chi connectivity index (χ1v) is 11.5. The van der Waals surface area contributed by atoms with Crippen LogP contribution in [0.25, 0.3) is 21.6 Å². The zero-order chi connectivity index (χ0) is 21.6. The fourth-order valence-electron chi connectivity index (χ4n) is 3.05. The van der Waals surface area contributed by atoms with E-state index in [0.29, 0.717) is 23.9 Å². The van der Waals surface area contributed by atoms with Crippen molar-refractivity contribution in [2.24, 2.45) is 0 Å². The number of fused-ring (bicyclic) bond motifs is 1. The highest BCUT2D eigenvalue weighted by Gasteiger charge is 2.13. The molecule has 0 saturated carbocycles. The number of nitrogens with zero attached hydrogens (tertiary/aromatic N) is 2. The number of hydrogen-bond acceptors (Lipinski definition) is 7. The molecule has 6 nitrogen and oxygen atoms in total. The Morgan fingerprint density at radius 2 is 1.87 bits per heavy atom. The molecule has 0 radical (unpaired) electrons. The van der Waals surface area contributed by atoms with Crippen LogP contribution in [0.3, 0.4) is 0 Å². The molecule has 0 aliphatic heterocycles. The molecule has 31 heavy (non-hydrogen) atoms. The monoisotopic (exact) mass is 451 g/mol. The number of ether oxygens (including phenoxy) is 2. The SMILES string of the molecule is COc1ccc(CNC(=O)CSc2nc(-c3cccs3)nc3ccccc23)cc1OC. The van der Waals surface area contributed by atoms with Crippen molar-refractivity contribution < 1.29 is 14.3 Å². The predicted molar refractivity (Wildman–Crippen MR) is 125 cm³/mol. The fraction of sp³-hybridized carbons (Fsp3) is 0.174. The number of hydrogen-bond donors (Lipinski definition) is 1. The Labute approximate surface area is 188 Å². The van der Waals surface area contributed by atoms with Crippen LogP contribution in [0.5, 0.6) is 11.5 Å². The lowest BCUT2D eigenvalue weighted by Crippen LogP contribution is -2.24. The summed E-state index contributed by atoms with van der Waals surface area (Å²) in [6, 6.07) is 17.4. The van der Waals surface area contributed by atoms with Crippen molar-refractivity contribution in [3.8, 4) is 22.2 Å². The number of para-hydroxylation sites is 1. The van der Waals surface area contributed by atoms with E-state index in [-0.39, 0.29) is 11.7 Å². The van der Waals surface area contributed by atoms with Gasteiger partial charge in [0.1, 0.15) is 5.03 Å². The van der Waals surface area contributed by atoms with E-state index in [4.69, 9.17) is 14.5 Å². The molecule has 1 amide bonds. The molecular weight excluding hydrogens is 430 g/mol. The average molecular weight is 452 g/mol. The molecular formula is C23H21N3O3S2. The van der Waals surface area contributed by atoms with Crippen LogP contribution in [0.2, 0.25) is 0 Å². The molecule has 158 valence electrons. The van der Waals surface area contributed by atoms with Crippen LogP contribution < -0.4 is 14.8 Å². The van der Waals surface area contributed by atoms with Gasteiger partial charge >= 0.3 is 0 Å². The Kier molecular flexibility index (Phi) is 6.69. The first kappa shape index (κ1) is 21.1. The molecule has 4 rings (SSSR count). The molecule has 4 aromatic rings. The van der Waals surface area contributed by atoms with E-state index in [1.165, 1.54) is 11.8 Å². The number of nitrogens with one attached hydrogen (secondary N) is 1. The van der Waals surface area contributed by atoms with E-state index in [0.717, 1.165) is 26.4 Å². The number of thiophene rings is 1. The lowest BCUT2D eigenvalue weighted by molar-refractivity contribution is -0.118. The van der Waals surface area contributed by atoms with Crippen LogP contribution in [-0.4, -0.2) is 35.8 Å². The quantitative estimate of drug-likeness (QED) is 0.307. The summed E-state index contributed by atoms with van der Waals surface area (Å²) in [5.41, 5.74) is 1.80. The topological polar surface area (TPSA) is 73.3 Å². The first-order chi connectivity index (χ1) is 15.2. The maximum absolute atomic E-state index is 12.5. The second-order valence-electron chi connectivity index (χ2n) is 6.60. The van der Waals surface area contributed by atoms with Crippen molar-refractivity contribution in [2.45, 2.75) is 11.6 Å². The molecule has 0 fully saturated rings. The molecule has 0 atom stereocenters. The van der Waals surface area contributed by atoms with Crippen molar-refractivity contribution >= 4 is 39.9 Å². The van der Waals surface area contributed by atoms with Gasteiger partial charge in [0.05, 0.1) is 30.4 Å². The zero-order valence-corrected chi connectivity index (χ0v) is 18.8. The van der Waals surface area contributed by atoms with Crippen LogP contribution in [0.4, 0.5) is 0 Å². The molecule has 2 heterocycles. The van der Waals surface area contributed by atoms with Crippen LogP contribution in [0.1, 0.15) is 5.56 Å². The van der Waals surface area contributed by atoms with Gasteiger partial charge in [0.2, 0.25) is 5.91 Å². The van der Waals surface area contributed by atoms with Gasteiger partial charge in [-0.1, -0.05) is 42.1 Å². The summed E-state index contributed by atoms with van der Waals surface area (Å²) in [5.74, 6) is 2.17. The maximum atomic E-state index is 12.5. The van der Waals surface area contributed by atoms with Gasteiger partial charge in [-0.15, -0.1) is 11.3 Å². The Bertz CT molecular complexity index is 1200. The number of thioether (sulfide) groups is 1. The minimum atomic E-state index is -0.0693. The summed E-state index contributed by atoms with van der Waals surface area (Å²) < 4.78 is 10.6. The van der Waals surface area contributed by atoms with Gasteiger partial charge in [0, 0.05) is 11.9 Å². The van der Waals surface area contributed by atoms with Gasteiger partial charge in [-0.2, -0.15) is 0 Å². The number of amides is 1. The minimum Gasteiger partial charge on any atom is -0.493 e. The summed E-state index contributed by atoms with van der Waals surface area (Å²) in [5, 5.41) is 6.70. The van der Waals surface area contributed by atoms with Crippen LogP contribution in [-0.2, 0) is 11.3 Å². The number of rotatable bonds is 8. The molecule has 0 bridgehead atoms. The molecule has 0 spiro atoms. The van der Waals surface area contributed by atoms with E-state index in [1.807, 2.05) is 60.0 Å². The third kappa shape index (κ3) is 4.98. The lowest BCUT2D eigenvalue weighted by atomic mass is 10.2. The molecule has 2 aromatic carbocycles. The van der Waals surface area contributed by atoms with E-state index in [2.05, 4.69) is 10.3 Å². The number of benzene rings is 2. The molecule has 0 aliphatic rings. The molecule has 8 heteroatoms. The maximum Gasteiger partial charge on any atom is 0.230 e. The second-order valence-corrected chi connectivity index (χ2v) is 8.51. The summed E-state index contributed by atoms with van der Waals surface area (Å²) >= 11 is 3.01. The van der Waals surface area contributed by atoms with Crippen molar-refractivity contribution in [3.05, 3.63) is 65.5 Å². The molecule has 0 saturated heterocycles. The van der Waals surface area contributed by atoms with Crippen LogP contribution in [0, 0.1) is 0 Å². The van der Waals surface area contributed by atoms with E-state index < -0.39 is 0 Å². The highest BCUT2D eigenvalue weighted by Crippen LogP contribution is 2.30. The Morgan fingerprint density at radius 3 is 2.65 bits per heavy atom. The van der Waals surface area contributed by atoms with Crippen molar-refractivity contribution in [2.75, 3.05) is 20.0 Å². The smallest absolute Gasteiger partial charge is 0.230 e. The van der Waals surface area contributed by atoms with Crippen molar-refractivity contribution in [1.29, 1.82) is 0 Å². The Morgan fingerprint density at radius 1 is 1.03 bits per heavy atom. The van der Waals surface area contributed by atoms with Gasteiger partial charge < -0.3 is 14.8 Å². The minimum absolute atomic E-state index is 0.0693. The zero-order valence-electron chi connectivity index (χ0n) is 17.1. The van der Waals surface area contributed by atoms with Gasteiger partial charge in [0.15, 0.2) is 17.3 Å². The van der Waals surface area contributed by atoms with Gasteiger partial charge in [-0.05, 0) is 35.2 Å². The van der Waals surface area contributed by atoms with Gasteiger partial charge in [-0.25, -0.2) is 9.97 Å². The summed E-state index contributed by atoms with van der Waals surface area (Å²) in [6.07, 6.45) is 0. The molecule has 0 aliphatic carbocycles. The molecule has 0 unspecified atom stereocenters. The number of aromatic nitrogens is 2. The van der Waals surface area contributed by atoms with Crippen LogP contribution >= 0.6 is 23.1 Å². The van der Waals surface area contributed by atoms with E-state index in [1.54, 1.807) is 25.6 Å². The van der Waals surface area contributed by atoms with Crippen LogP contribution in [0.15, 0.2) is 65.0 Å². The molecule has 1 N–H and O–H groups in total. The molecule has 2 aromatic heterocycles. The lowest BCUT2D eigenvalue weighted by Gasteiger charge is -2.11. The number of methoxy groups -OCH3 is 2.